The van der Waals surface area contributed by atoms with Gasteiger partial charge in [0.05, 0.1) is 6.10 Å². The number of aliphatic hydroxyl groups excluding tert-OH is 1. The monoisotopic (exact) mass is 271 g/mol. The van der Waals surface area contributed by atoms with Gasteiger partial charge in [-0.1, -0.05) is 24.3 Å². The van der Waals surface area contributed by atoms with Gasteiger partial charge in [-0.3, -0.25) is 0 Å². The van der Waals surface area contributed by atoms with Gasteiger partial charge in [-0.15, -0.1) is 0 Å². The van der Waals surface area contributed by atoms with Crippen molar-refractivity contribution in [2.24, 2.45) is 0 Å². The van der Waals surface area contributed by atoms with Gasteiger partial charge < -0.3 is 10.0 Å². The molecule has 0 unspecified atom stereocenters. The number of hydrogen-bond acceptors (Lipinski definition) is 2. The van der Waals surface area contributed by atoms with Crippen molar-refractivity contribution < 1.29 is 9.50 Å². The fourth-order valence-corrected chi connectivity index (χ4v) is 2.85. The van der Waals surface area contributed by atoms with Crippen LogP contribution < -0.4 is 4.90 Å². The van der Waals surface area contributed by atoms with Gasteiger partial charge in [0.25, 0.3) is 0 Å². The highest BCUT2D eigenvalue weighted by Gasteiger charge is 2.20. The molecule has 2 nitrogen and oxygen atoms in total. The average Bonchev–Trinajstić information content (AvgIpc) is 2.46. The lowest BCUT2D eigenvalue weighted by molar-refractivity contribution is 0.199. The first-order valence-corrected chi connectivity index (χ1v) is 6.94. The minimum Gasteiger partial charge on any atom is -0.389 e. The Morgan fingerprint density at radius 3 is 2.65 bits per heavy atom. The van der Waals surface area contributed by atoms with Gasteiger partial charge in [0.1, 0.15) is 5.82 Å². The maximum absolute atomic E-state index is 13.4. The quantitative estimate of drug-likeness (QED) is 0.904. The molecule has 2 aromatic rings. The van der Waals surface area contributed by atoms with E-state index in [9.17, 15) is 9.50 Å². The van der Waals surface area contributed by atoms with Gasteiger partial charge in [0.15, 0.2) is 0 Å². The second-order valence-electron chi connectivity index (χ2n) is 5.32. The van der Waals surface area contributed by atoms with Gasteiger partial charge in [-0.25, -0.2) is 4.39 Å². The van der Waals surface area contributed by atoms with Gasteiger partial charge in [-0.2, -0.15) is 0 Å². The lowest BCUT2D eigenvalue weighted by Gasteiger charge is -2.32. The van der Waals surface area contributed by atoms with Crippen molar-refractivity contribution in [2.75, 3.05) is 11.4 Å². The number of rotatable bonds is 2. The van der Waals surface area contributed by atoms with E-state index in [-0.39, 0.29) is 5.82 Å². The Morgan fingerprint density at radius 2 is 1.90 bits per heavy atom. The SMILES string of the molecule is C[C@@H](O)c1cc(F)ccc1N1CCc2ccccc2C1. The minimum absolute atomic E-state index is 0.304. The molecule has 0 bridgehead atoms. The number of benzene rings is 2. The van der Waals surface area contributed by atoms with Crippen LogP contribution in [0.2, 0.25) is 0 Å². The normalized spacial score (nSPS) is 15.8. The Bertz CT molecular complexity index is 624. The zero-order valence-electron chi connectivity index (χ0n) is 11.5. The molecule has 0 saturated carbocycles. The molecular weight excluding hydrogens is 253 g/mol. The van der Waals surface area contributed by atoms with Crippen LogP contribution in [-0.2, 0) is 13.0 Å². The molecule has 0 amide bonds. The van der Waals surface area contributed by atoms with Crippen LogP contribution >= 0.6 is 0 Å². The van der Waals surface area contributed by atoms with Crippen LogP contribution in [0.1, 0.15) is 29.7 Å². The van der Waals surface area contributed by atoms with Gasteiger partial charge in [0, 0.05) is 24.3 Å². The Labute approximate surface area is 118 Å². The lowest BCUT2D eigenvalue weighted by atomic mass is 9.98. The average molecular weight is 271 g/mol. The minimum atomic E-state index is -0.669. The molecule has 1 N–H and O–H groups in total. The fraction of sp³-hybridized carbons (Fsp3) is 0.294. The van der Waals surface area contributed by atoms with Crippen LogP contribution in [0, 0.1) is 5.82 Å². The second-order valence-corrected chi connectivity index (χ2v) is 5.32. The Kier molecular flexibility index (Phi) is 3.45. The first-order chi connectivity index (χ1) is 9.65. The summed E-state index contributed by atoms with van der Waals surface area (Å²) in [5.74, 6) is -0.304. The maximum atomic E-state index is 13.4. The lowest BCUT2D eigenvalue weighted by Crippen LogP contribution is -2.31. The number of nitrogens with zero attached hydrogens (tertiary/aromatic N) is 1. The van der Waals surface area contributed by atoms with E-state index < -0.39 is 6.10 Å². The van der Waals surface area contributed by atoms with Crippen LogP contribution in [0.15, 0.2) is 42.5 Å². The molecule has 3 rings (SSSR count). The molecule has 1 aliphatic rings. The Morgan fingerprint density at radius 1 is 1.15 bits per heavy atom. The van der Waals surface area contributed by atoms with E-state index >= 15 is 0 Å². The number of anilines is 1. The highest BCUT2D eigenvalue weighted by molar-refractivity contribution is 5.56. The predicted octanol–water partition coefficient (Wildman–Crippen LogP) is 3.44. The summed E-state index contributed by atoms with van der Waals surface area (Å²) in [7, 11) is 0. The predicted molar refractivity (Wildman–Crippen MR) is 78.2 cm³/mol. The Balaban J connectivity index is 1.95. The number of halogens is 1. The number of fused-ring (bicyclic) bond motifs is 1. The first kappa shape index (κ1) is 13.1. The Hall–Kier alpha value is -1.87. The van der Waals surface area contributed by atoms with Gasteiger partial charge in [-0.05, 0) is 42.7 Å². The summed E-state index contributed by atoms with van der Waals surface area (Å²) in [4.78, 5) is 2.21. The van der Waals surface area contributed by atoms with Crippen LogP contribution in [0.4, 0.5) is 10.1 Å². The molecule has 0 aromatic heterocycles. The van der Waals surface area contributed by atoms with Crippen molar-refractivity contribution >= 4 is 5.69 Å². The summed E-state index contributed by atoms with van der Waals surface area (Å²) in [5.41, 5.74) is 4.27. The van der Waals surface area contributed by atoms with Gasteiger partial charge in [0.2, 0.25) is 0 Å². The van der Waals surface area contributed by atoms with Crippen LogP contribution in [0.5, 0.6) is 0 Å². The van der Waals surface area contributed by atoms with Crippen molar-refractivity contribution in [3.8, 4) is 0 Å². The largest absolute Gasteiger partial charge is 0.389 e. The van der Waals surface area contributed by atoms with E-state index in [1.54, 1.807) is 13.0 Å². The van der Waals surface area contributed by atoms with Crippen LogP contribution in [0.3, 0.4) is 0 Å². The zero-order valence-corrected chi connectivity index (χ0v) is 11.5. The fourth-order valence-electron chi connectivity index (χ4n) is 2.85. The van der Waals surface area contributed by atoms with Crippen molar-refractivity contribution in [1.82, 2.24) is 0 Å². The molecule has 0 fully saturated rings. The van der Waals surface area contributed by atoms with E-state index in [2.05, 4.69) is 23.1 Å². The van der Waals surface area contributed by atoms with E-state index in [0.29, 0.717) is 5.56 Å². The third kappa shape index (κ3) is 2.41. The maximum Gasteiger partial charge on any atom is 0.123 e. The second kappa shape index (κ2) is 5.25. The topological polar surface area (TPSA) is 23.5 Å². The molecule has 1 aliphatic heterocycles. The molecule has 0 spiro atoms. The third-order valence-electron chi connectivity index (χ3n) is 3.91. The highest BCUT2D eigenvalue weighted by atomic mass is 19.1. The molecule has 20 heavy (non-hydrogen) atoms. The summed E-state index contributed by atoms with van der Waals surface area (Å²) in [6, 6.07) is 13.1. The van der Waals surface area contributed by atoms with E-state index in [1.807, 2.05) is 6.07 Å². The molecular formula is C17H18FNO. The highest BCUT2D eigenvalue weighted by Crippen LogP contribution is 2.31. The molecule has 0 saturated heterocycles. The summed E-state index contributed by atoms with van der Waals surface area (Å²) in [6.45, 7) is 3.38. The first-order valence-electron chi connectivity index (χ1n) is 6.94. The molecule has 104 valence electrons. The summed E-state index contributed by atoms with van der Waals surface area (Å²) >= 11 is 0. The van der Waals surface area contributed by atoms with Gasteiger partial charge >= 0.3 is 0 Å². The van der Waals surface area contributed by atoms with E-state index in [0.717, 1.165) is 25.2 Å². The zero-order chi connectivity index (χ0) is 14.1. The van der Waals surface area contributed by atoms with Crippen LogP contribution in [-0.4, -0.2) is 11.7 Å². The van der Waals surface area contributed by atoms with Crippen molar-refractivity contribution in [3.05, 3.63) is 65.0 Å². The molecule has 3 heteroatoms. The molecule has 1 atom stereocenters. The molecule has 2 aromatic carbocycles. The summed E-state index contributed by atoms with van der Waals surface area (Å²) < 4.78 is 13.4. The van der Waals surface area contributed by atoms with Crippen molar-refractivity contribution in [2.45, 2.75) is 26.0 Å². The van der Waals surface area contributed by atoms with E-state index in [1.165, 1.54) is 23.3 Å². The smallest absolute Gasteiger partial charge is 0.123 e. The van der Waals surface area contributed by atoms with Crippen molar-refractivity contribution in [1.29, 1.82) is 0 Å². The van der Waals surface area contributed by atoms with Crippen LogP contribution in [0.25, 0.3) is 0 Å². The number of aliphatic hydroxyl groups is 1. The number of hydrogen-bond donors (Lipinski definition) is 1. The standard InChI is InChI=1S/C17H18FNO/c1-12(20)16-10-15(18)6-7-17(16)19-9-8-13-4-2-3-5-14(13)11-19/h2-7,10,12,20H,8-9,11H2,1H3/t12-/m1/s1. The molecule has 1 heterocycles. The van der Waals surface area contributed by atoms with E-state index in [4.69, 9.17) is 0 Å². The third-order valence-corrected chi connectivity index (χ3v) is 3.91. The molecule has 0 aliphatic carbocycles. The summed E-state index contributed by atoms with van der Waals surface area (Å²) in [6.07, 6.45) is 0.310. The summed E-state index contributed by atoms with van der Waals surface area (Å²) in [5, 5.41) is 9.86. The van der Waals surface area contributed by atoms with Crippen molar-refractivity contribution in [3.63, 3.8) is 0 Å². The molecule has 0 radical (unpaired) electrons.